The molecule has 0 fully saturated rings. The van der Waals surface area contributed by atoms with Crippen LogP contribution >= 0.6 is 11.3 Å². The highest BCUT2D eigenvalue weighted by molar-refractivity contribution is 7.89. The molecule has 9 heteroatoms. The molecule has 0 radical (unpaired) electrons. The molecular formula is C20H20FN3O3S2. The normalized spacial score (nSPS) is 11.7. The molecular weight excluding hydrogens is 413 g/mol. The number of aryl methyl sites for hydroxylation is 2. The van der Waals surface area contributed by atoms with Crippen molar-refractivity contribution in [1.29, 1.82) is 0 Å². The first kappa shape index (κ1) is 21.1. The number of rotatable bonds is 5. The van der Waals surface area contributed by atoms with Gasteiger partial charge >= 0.3 is 0 Å². The second kappa shape index (κ2) is 8.02. The quantitative estimate of drug-likeness (QED) is 0.658. The van der Waals surface area contributed by atoms with E-state index >= 15 is 0 Å². The van der Waals surface area contributed by atoms with Gasteiger partial charge in [0.2, 0.25) is 10.0 Å². The van der Waals surface area contributed by atoms with Crippen molar-refractivity contribution in [1.82, 2.24) is 9.29 Å². The molecule has 0 aliphatic heterocycles. The van der Waals surface area contributed by atoms with Crippen LogP contribution in [0.4, 0.5) is 10.1 Å². The first-order chi connectivity index (χ1) is 13.6. The standard InChI is InChI=1S/C20H20FN3O3S2/c1-12-5-10-16(29(26,27)24(3)4)11-17(12)23-19(25)18-13(2)22-20(28-18)14-6-8-15(21)9-7-14/h5-11H,1-4H3,(H,23,25). The minimum Gasteiger partial charge on any atom is -0.321 e. The average Bonchev–Trinajstić information content (AvgIpc) is 3.05. The summed E-state index contributed by atoms with van der Waals surface area (Å²) in [5.41, 5.74) is 2.40. The van der Waals surface area contributed by atoms with Crippen LogP contribution in [0.5, 0.6) is 0 Å². The predicted octanol–water partition coefficient (Wildman–Crippen LogP) is 4.07. The molecule has 0 saturated heterocycles. The maximum atomic E-state index is 13.1. The zero-order valence-corrected chi connectivity index (χ0v) is 18.0. The van der Waals surface area contributed by atoms with Crippen molar-refractivity contribution in [3.63, 3.8) is 0 Å². The van der Waals surface area contributed by atoms with Gasteiger partial charge in [0.25, 0.3) is 5.91 Å². The number of nitrogens with zero attached hydrogens (tertiary/aromatic N) is 2. The number of anilines is 1. The molecule has 0 aliphatic carbocycles. The van der Waals surface area contributed by atoms with Crippen LogP contribution < -0.4 is 5.32 Å². The lowest BCUT2D eigenvalue weighted by atomic mass is 10.2. The highest BCUT2D eigenvalue weighted by Crippen LogP contribution is 2.29. The Morgan fingerprint density at radius 2 is 1.76 bits per heavy atom. The van der Waals surface area contributed by atoms with E-state index in [1.807, 2.05) is 0 Å². The van der Waals surface area contributed by atoms with Crippen LogP contribution in [0.3, 0.4) is 0 Å². The molecule has 1 amide bonds. The molecule has 3 rings (SSSR count). The summed E-state index contributed by atoms with van der Waals surface area (Å²) in [7, 11) is -0.720. The first-order valence-electron chi connectivity index (χ1n) is 8.67. The highest BCUT2D eigenvalue weighted by Gasteiger charge is 2.21. The fourth-order valence-corrected chi connectivity index (χ4v) is 4.50. The summed E-state index contributed by atoms with van der Waals surface area (Å²) in [6.07, 6.45) is 0. The van der Waals surface area contributed by atoms with Gasteiger partial charge in [-0.3, -0.25) is 4.79 Å². The molecule has 0 bridgehead atoms. The Morgan fingerprint density at radius 1 is 1.10 bits per heavy atom. The highest BCUT2D eigenvalue weighted by atomic mass is 32.2. The van der Waals surface area contributed by atoms with E-state index in [1.54, 1.807) is 32.0 Å². The Morgan fingerprint density at radius 3 is 2.38 bits per heavy atom. The maximum absolute atomic E-state index is 13.1. The third kappa shape index (κ3) is 4.36. The van der Waals surface area contributed by atoms with E-state index in [2.05, 4.69) is 10.3 Å². The molecule has 29 heavy (non-hydrogen) atoms. The van der Waals surface area contributed by atoms with Crippen LogP contribution in [0.25, 0.3) is 10.6 Å². The minimum atomic E-state index is -3.62. The number of thiazole rings is 1. The largest absolute Gasteiger partial charge is 0.321 e. The van der Waals surface area contributed by atoms with Crippen molar-refractivity contribution in [3.8, 4) is 10.6 Å². The van der Waals surface area contributed by atoms with E-state index in [0.717, 1.165) is 9.87 Å². The SMILES string of the molecule is Cc1ccc(S(=O)(=O)N(C)C)cc1NC(=O)c1sc(-c2ccc(F)cc2)nc1C. The number of aromatic nitrogens is 1. The molecule has 0 unspecified atom stereocenters. The Labute approximate surface area is 173 Å². The number of carbonyl (C=O) groups excluding carboxylic acids is 1. The van der Waals surface area contributed by atoms with E-state index in [9.17, 15) is 17.6 Å². The third-order valence-corrected chi connectivity index (χ3v) is 7.35. The summed E-state index contributed by atoms with van der Waals surface area (Å²) < 4.78 is 39.0. The summed E-state index contributed by atoms with van der Waals surface area (Å²) >= 11 is 1.19. The van der Waals surface area contributed by atoms with Crippen LogP contribution in [-0.2, 0) is 10.0 Å². The molecule has 0 spiro atoms. The zero-order chi connectivity index (χ0) is 21.3. The van der Waals surface area contributed by atoms with Crippen LogP contribution in [0, 0.1) is 19.7 Å². The Hall–Kier alpha value is -2.62. The molecule has 0 saturated carbocycles. The van der Waals surface area contributed by atoms with Crippen LogP contribution in [-0.4, -0.2) is 37.7 Å². The first-order valence-corrected chi connectivity index (χ1v) is 10.9. The van der Waals surface area contributed by atoms with Gasteiger partial charge in [0.1, 0.15) is 15.7 Å². The number of halogens is 1. The van der Waals surface area contributed by atoms with Crippen molar-refractivity contribution in [2.24, 2.45) is 0 Å². The van der Waals surface area contributed by atoms with E-state index in [1.165, 1.54) is 49.7 Å². The predicted molar refractivity (Wildman–Crippen MR) is 112 cm³/mol. The number of amides is 1. The summed E-state index contributed by atoms with van der Waals surface area (Å²) in [4.78, 5) is 17.7. The molecule has 1 aromatic heterocycles. The maximum Gasteiger partial charge on any atom is 0.267 e. The van der Waals surface area contributed by atoms with Crippen molar-refractivity contribution in [2.45, 2.75) is 18.7 Å². The van der Waals surface area contributed by atoms with Gasteiger partial charge in [-0.25, -0.2) is 22.1 Å². The van der Waals surface area contributed by atoms with E-state index in [0.29, 0.717) is 26.8 Å². The molecule has 152 valence electrons. The van der Waals surface area contributed by atoms with Gasteiger partial charge in [0.15, 0.2) is 0 Å². The lowest BCUT2D eigenvalue weighted by molar-refractivity contribution is 0.102. The molecule has 1 heterocycles. The van der Waals surface area contributed by atoms with Crippen molar-refractivity contribution >= 4 is 33.0 Å². The molecule has 2 aromatic carbocycles. The van der Waals surface area contributed by atoms with Gasteiger partial charge in [0, 0.05) is 25.3 Å². The molecule has 0 atom stereocenters. The summed E-state index contributed by atoms with van der Waals surface area (Å²) in [6.45, 7) is 3.50. The number of carbonyl (C=O) groups is 1. The van der Waals surface area contributed by atoms with Gasteiger partial charge < -0.3 is 5.32 Å². The number of hydrogen-bond donors (Lipinski definition) is 1. The minimum absolute atomic E-state index is 0.0939. The molecule has 1 N–H and O–H groups in total. The van der Waals surface area contributed by atoms with Gasteiger partial charge in [-0.05, 0) is 55.8 Å². The fraction of sp³-hybridized carbons (Fsp3) is 0.200. The lowest BCUT2D eigenvalue weighted by Gasteiger charge is -2.14. The van der Waals surface area contributed by atoms with Gasteiger partial charge in [0.05, 0.1) is 10.6 Å². The second-order valence-electron chi connectivity index (χ2n) is 6.66. The molecule has 3 aromatic rings. The number of sulfonamides is 1. The lowest BCUT2D eigenvalue weighted by Crippen LogP contribution is -2.22. The topological polar surface area (TPSA) is 79.4 Å². The molecule has 0 aliphatic rings. The average molecular weight is 434 g/mol. The number of hydrogen-bond acceptors (Lipinski definition) is 5. The van der Waals surface area contributed by atoms with Gasteiger partial charge in [-0.15, -0.1) is 11.3 Å². The summed E-state index contributed by atoms with van der Waals surface area (Å²) in [5.74, 6) is -0.723. The number of nitrogens with one attached hydrogen (secondary N) is 1. The molecule has 6 nitrogen and oxygen atoms in total. The summed E-state index contributed by atoms with van der Waals surface area (Å²) in [5, 5.41) is 3.39. The van der Waals surface area contributed by atoms with E-state index < -0.39 is 10.0 Å². The van der Waals surface area contributed by atoms with Gasteiger partial charge in [-0.1, -0.05) is 6.07 Å². The van der Waals surface area contributed by atoms with E-state index in [-0.39, 0.29) is 16.6 Å². The zero-order valence-electron chi connectivity index (χ0n) is 16.4. The van der Waals surface area contributed by atoms with Crippen molar-refractivity contribution in [3.05, 3.63) is 64.4 Å². The fourth-order valence-electron chi connectivity index (χ4n) is 2.61. The van der Waals surface area contributed by atoms with Crippen molar-refractivity contribution in [2.75, 3.05) is 19.4 Å². The van der Waals surface area contributed by atoms with Crippen molar-refractivity contribution < 1.29 is 17.6 Å². The second-order valence-corrected chi connectivity index (χ2v) is 9.81. The van der Waals surface area contributed by atoms with E-state index in [4.69, 9.17) is 0 Å². The monoisotopic (exact) mass is 433 g/mol. The third-order valence-electron chi connectivity index (χ3n) is 4.33. The van der Waals surface area contributed by atoms with Gasteiger partial charge in [-0.2, -0.15) is 0 Å². The number of benzene rings is 2. The Balaban J connectivity index is 1.90. The van der Waals surface area contributed by atoms with Crippen LogP contribution in [0.2, 0.25) is 0 Å². The summed E-state index contributed by atoms with van der Waals surface area (Å²) in [6, 6.07) is 10.5. The Kier molecular flexibility index (Phi) is 5.83. The van der Waals surface area contributed by atoms with Crippen LogP contribution in [0.15, 0.2) is 47.4 Å². The smallest absolute Gasteiger partial charge is 0.267 e. The Bertz CT molecular complexity index is 1170. The van der Waals surface area contributed by atoms with Crippen LogP contribution in [0.1, 0.15) is 20.9 Å².